The van der Waals surface area contributed by atoms with Gasteiger partial charge in [0.15, 0.2) is 0 Å². The van der Waals surface area contributed by atoms with Crippen LogP contribution in [0.15, 0.2) is 45.6 Å². The number of anilines is 1. The van der Waals surface area contributed by atoms with Gasteiger partial charge < -0.3 is 0 Å². The molecule has 0 unspecified atom stereocenters. The third-order valence-electron chi connectivity index (χ3n) is 9.64. The van der Waals surface area contributed by atoms with Crippen LogP contribution >= 0.6 is 0 Å². The van der Waals surface area contributed by atoms with Crippen molar-refractivity contribution in [2.75, 3.05) is 18.0 Å². The fourth-order valence-corrected chi connectivity index (χ4v) is 9.39. The molecule has 2 aliphatic rings. The van der Waals surface area contributed by atoms with Crippen molar-refractivity contribution in [2.24, 2.45) is 0 Å². The molecule has 0 atom stereocenters. The van der Waals surface area contributed by atoms with Crippen molar-refractivity contribution in [2.45, 2.75) is 83.7 Å². The fourth-order valence-electron chi connectivity index (χ4n) is 7.00. The normalized spacial score (nSPS) is 18.0. The van der Waals surface area contributed by atoms with Crippen LogP contribution in [0.25, 0.3) is 41.6 Å². The van der Waals surface area contributed by atoms with E-state index in [1.165, 1.54) is 5.56 Å². The van der Waals surface area contributed by atoms with Gasteiger partial charge in [0, 0.05) is 0 Å². The van der Waals surface area contributed by atoms with Crippen LogP contribution in [0.2, 0.25) is 0 Å². The maximum atomic E-state index is 15.3. The molecule has 0 saturated carbocycles. The average Bonchev–Trinajstić information content (AvgIpc) is 3.33. The van der Waals surface area contributed by atoms with E-state index in [0.717, 1.165) is 57.8 Å². The van der Waals surface area contributed by atoms with E-state index in [2.05, 4.69) is 56.6 Å². The van der Waals surface area contributed by atoms with Gasteiger partial charge in [-0.2, -0.15) is 0 Å². The van der Waals surface area contributed by atoms with Crippen LogP contribution in [0.4, 0.5) is 18.9 Å². The standard InChI is InChI=1S/C35H35F3N2O2Se/c1-32(2,3)19-9-10-20-18(16-19)8-11-23-29(20)43-30(39-23)24-25(35(36,37)38)21-17-22-27-26(28(21)42-31(24)41)34(6,7)13-15-40(27)14-12-33(22,4)5/h8-11,16-17H,12-15H2,1-7H3. The summed E-state index contributed by atoms with van der Waals surface area (Å²) in [6, 6.07) is 11.7. The van der Waals surface area contributed by atoms with Gasteiger partial charge in [-0.1, -0.05) is 0 Å². The number of alkyl halides is 3. The second kappa shape index (κ2) is 8.98. The van der Waals surface area contributed by atoms with E-state index in [4.69, 9.17) is 4.42 Å². The molecule has 2 aliphatic heterocycles. The third-order valence-corrected chi connectivity index (χ3v) is 12.0. The van der Waals surface area contributed by atoms with Gasteiger partial charge in [-0.15, -0.1) is 0 Å². The Labute approximate surface area is 254 Å². The molecule has 0 spiro atoms. The summed E-state index contributed by atoms with van der Waals surface area (Å²) in [7, 11) is 0. The Morgan fingerprint density at radius 3 is 2.30 bits per heavy atom. The summed E-state index contributed by atoms with van der Waals surface area (Å²) in [4.78, 5) is 20.7. The first-order valence-corrected chi connectivity index (χ1v) is 16.5. The molecule has 4 heterocycles. The van der Waals surface area contributed by atoms with Gasteiger partial charge >= 0.3 is 255 Å². The molecule has 0 radical (unpaired) electrons. The second-order valence-corrected chi connectivity index (χ2v) is 16.6. The van der Waals surface area contributed by atoms with Crippen LogP contribution in [0, 0.1) is 0 Å². The molecule has 7 rings (SSSR count). The van der Waals surface area contributed by atoms with E-state index in [1.54, 1.807) is 6.07 Å². The Morgan fingerprint density at radius 1 is 0.930 bits per heavy atom. The van der Waals surface area contributed by atoms with E-state index < -0.39 is 42.8 Å². The minimum absolute atomic E-state index is 0.0325. The molecular weight excluding hydrogens is 616 g/mol. The van der Waals surface area contributed by atoms with Gasteiger partial charge in [0.2, 0.25) is 0 Å². The van der Waals surface area contributed by atoms with Crippen molar-refractivity contribution in [1.29, 1.82) is 0 Å². The second-order valence-electron chi connectivity index (χ2n) is 14.5. The maximum absolute atomic E-state index is 15.3. The monoisotopic (exact) mass is 652 g/mol. The number of hydrogen-bond donors (Lipinski definition) is 0. The molecule has 0 amide bonds. The molecule has 3 aromatic carbocycles. The van der Waals surface area contributed by atoms with Gasteiger partial charge in [0.1, 0.15) is 0 Å². The summed E-state index contributed by atoms with van der Waals surface area (Å²) in [5.41, 5.74) is 1.28. The Balaban J connectivity index is 1.56. The van der Waals surface area contributed by atoms with E-state index >= 15 is 13.2 Å². The molecule has 0 aliphatic carbocycles. The molecule has 5 aromatic rings. The zero-order valence-electron chi connectivity index (χ0n) is 25.5. The molecule has 0 fully saturated rings. The first-order chi connectivity index (χ1) is 20.0. The van der Waals surface area contributed by atoms with Crippen LogP contribution in [0.1, 0.15) is 83.6 Å². The number of fused-ring (bicyclic) bond motifs is 5. The topological polar surface area (TPSA) is 46.3 Å². The molecule has 0 bridgehead atoms. The van der Waals surface area contributed by atoms with Crippen molar-refractivity contribution in [3.05, 3.63) is 69.1 Å². The zero-order chi connectivity index (χ0) is 30.9. The van der Waals surface area contributed by atoms with E-state index in [1.807, 2.05) is 32.0 Å². The summed E-state index contributed by atoms with van der Waals surface area (Å²) in [6.07, 6.45) is -3.18. The van der Waals surface area contributed by atoms with Gasteiger partial charge in [0.25, 0.3) is 0 Å². The summed E-state index contributed by atoms with van der Waals surface area (Å²) in [5, 5.41) is 1.95. The van der Waals surface area contributed by atoms with Gasteiger partial charge in [-0.25, -0.2) is 0 Å². The summed E-state index contributed by atoms with van der Waals surface area (Å²) < 4.78 is 52.8. The van der Waals surface area contributed by atoms with Gasteiger partial charge in [-0.05, 0) is 0 Å². The average molecular weight is 652 g/mol. The van der Waals surface area contributed by atoms with E-state index in [0.29, 0.717) is 5.52 Å². The number of benzene rings is 3. The molecule has 43 heavy (non-hydrogen) atoms. The first-order valence-electron chi connectivity index (χ1n) is 14.8. The zero-order valence-corrected chi connectivity index (χ0v) is 27.3. The predicted octanol–water partition coefficient (Wildman–Crippen LogP) is 8.70. The fraction of sp³-hybridized carbons (Fsp3) is 0.429. The van der Waals surface area contributed by atoms with Crippen molar-refractivity contribution in [3.63, 3.8) is 0 Å². The predicted molar refractivity (Wildman–Crippen MR) is 169 cm³/mol. The number of aromatic nitrogens is 1. The van der Waals surface area contributed by atoms with Crippen molar-refractivity contribution >= 4 is 51.7 Å². The Bertz CT molecular complexity index is 2040. The summed E-state index contributed by atoms with van der Waals surface area (Å²) in [5.74, 6) is 0. The SMILES string of the molecule is CC(C)(C)c1ccc2c(ccc3nc(-c4c(C(F)(F)F)c5cc6c7c(c5oc4=O)C(C)(C)CCN7CCC6(C)C)[se]c32)c1. The third kappa shape index (κ3) is 4.31. The number of halogens is 3. The molecule has 8 heteroatoms. The van der Waals surface area contributed by atoms with Gasteiger partial charge in [0.05, 0.1) is 0 Å². The Morgan fingerprint density at radius 2 is 1.63 bits per heavy atom. The quantitative estimate of drug-likeness (QED) is 0.134. The van der Waals surface area contributed by atoms with E-state index in [9.17, 15) is 4.79 Å². The molecule has 2 aromatic heterocycles. The Kier molecular flexibility index (Phi) is 5.99. The summed E-state index contributed by atoms with van der Waals surface area (Å²) >= 11 is -0.613. The van der Waals surface area contributed by atoms with Gasteiger partial charge in [-0.3, -0.25) is 0 Å². The first kappa shape index (κ1) is 28.7. The molecule has 224 valence electrons. The van der Waals surface area contributed by atoms with Crippen molar-refractivity contribution in [1.82, 2.24) is 4.98 Å². The molecule has 4 nitrogen and oxygen atoms in total. The van der Waals surface area contributed by atoms with Crippen LogP contribution in [-0.2, 0) is 22.4 Å². The molecular formula is C35H35F3N2O2Se. The van der Waals surface area contributed by atoms with Crippen LogP contribution < -0.4 is 10.5 Å². The van der Waals surface area contributed by atoms with Crippen LogP contribution in [0.3, 0.4) is 0 Å². The number of rotatable bonds is 1. The minimum atomic E-state index is -4.78. The van der Waals surface area contributed by atoms with Crippen LogP contribution in [0.5, 0.6) is 0 Å². The van der Waals surface area contributed by atoms with Crippen molar-refractivity contribution < 1.29 is 17.6 Å². The summed E-state index contributed by atoms with van der Waals surface area (Å²) in [6.45, 7) is 16.4. The Hall–Kier alpha value is -3.09. The van der Waals surface area contributed by atoms with Crippen molar-refractivity contribution in [3.8, 4) is 10.1 Å². The molecule has 0 N–H and O–H groups in total. The number of hydrogen-bond acceptors (Lipinski definition) is 4. The van der Waals surface area contributed by atoms with E-state index in [-0.39, 0.29) is 26.4 Å². The van der Waals surface area contributed by atoms with Crippen LogP contribution in [-0.4, -0.2) is 32.6 Å². The number of nitrogens with zero attached hydrogens (tertiary/aromatic N) is 2. The molecule has 0 saturated heterocycles.